The van der Waals surface area contributed by atoms with Crippen molar-refractivity contribution in [1.29, 1.82) is 0 Å². The van der Waals surface area contributed by atoms with Gasteiger partial charge in [0.2, 0.25) is 0 Å². The molecular weight excluding hydrogens is 375 g/mol. The molecule has 0 aliphatic carbocycles. The lowest BCUT2D eigenvalue weighted by molar-refractivity contribution is -0.133. The van der Waals surface area contributed by atoms with E-state index in [0.717, 1.165) is 5.52 Å². The normalized spacial score (nSPS) is 20.8. The van der Waals surface area contributed by atoms with Gasteiger partial charge in [0.15, 0.2) is 5.54 Å². The maximum absolute atomic E-state index is 13.6. The average molecular weight is 394 g/mol. The molecule has 2 aromatic carbocycles. The van der Waals surface area contributed by atoms with Crippen LogP contribution in [0.5, 0.6) is 5.75 Å². The van der Waals surface area contributed by atoms with Crippen LogP contribution in [0.2, 0.25) is 0 Å². The molecule has 0 saturated carbocycles. The number of hydrogen-bond donors (Lipinski definition) is 1. The predicted octanol–water partition coefficient (Wildman–Crippen LogP) is 2.93. The number of hydrogen-bond acceptors (Lipinski definition) is 4. The number of fused-ring (bicyclic) bond motifs is 3. The summed E-state index contributed by atoms with van der Waals surface area (Å²) in [5, 5.41) is 2.89. The van der Waals surface area contributed by atoms with E-state index in [1.54, 1.807) is 18.2 Å². The van der Waals surface area contributed by atoms with Gasteiger partial charge in [0.1, 0.15) is 17.4 Å². The van der Waals surface area contributed by atoms with Crippen LogP contribution in [-0.4, -0.2) is 33.0 Å². The molecule has 1 N–H and O–H groups in total. The predicted molar refractivity (Wildman–Crippen MR) is 103 cm³/mol. The number of para-hydroxylation sites is 1. The Bertz CT molecular complexity index is 1160. The van der Waals surface area contributed by atoms with Gasteiger partial charge in [0, 0.05) is 24.6 Å². The highest BCUT2D eigenvalue weighted by molar-refractivity contribution is 6.07. The Kier molecular flexibility index (Phi) is 3.84. The summed E-state index contributed by atoms with van der Waals surface area (Å²) in [5.74, 6) is 0.441. The Balaban J connectivity index is 1.54. The number of carbonyl (C=O) groups excluding carboxylic acids is 2. The highest BCUT2D eigenvalue weighted by Crippen LogP contribution is 2.41. The van der Waals surface area contributed by atoms with Gasteiger partial charge in [0.25, 0.3) is 5.91 Å². The minimum absolute atomic E-state index is 0.0135. The first-order chi connectivity index (χ1) is 14.0. The third-order valence-electron chi connectivity index (χ3n) is 5.66. The van der Waals surface area contributed by atoms with Gasteiger partial charge in [0.05, 0.1) is 24.2 Å². The SMILES string of the molecule is CCn1c(CN2C(=O)NC3(CCOc4ccccc43)C2=O)nc2cc(F)ccc21. The minimum atomic E-state index is -1.12. The van der Waals surface area contributed by atoms with E-state index in [0.29, 0.717) is 42.2 Å². The van der Waals surface area contributed by atoms with E-state index in [1.807, 2.05) is 23.6 Å². The number of benzene rings is 2. The smallest absolute Gasteiger partial charge is 0.325 e. The van der Waals surface area contributed by atoms with Crippen LogP contribution < -0.4 is 10.1 Å². The van der Waals surface area contributed by atoms with E-state index >= 15 is 0 Å². The zero-order chi connectivity index (χ0) is 20.2. The Morgan fingerprint density at radius 1 is 1.24 bits per heavy atom. The molecule has 1 unspecified atom stereocenters. The molecule has 29 heavy (non-hydrogen) atoms. The van der Waals surface area contributed by atoms with Gasteiger partial charge >= 0.3 is 6.03 Å². The quantitative estimate of drug-likeness (QED) is 0.693. The highest BCUT2D eigenvalue weighted by Gasteiger charge is 2.55. The second-order valence-electron chi connectivity index (χ2n) is 7.23. The van der Waals surface area contributed by atoms with Crippen LogP contribution in [0.3, 0.4) is 0 Å². The van der Waals surface area contributed by atoms with Crippen LogP contribution in [0.1, 0.15) is 24.7 Å². The van der Waals surface area contributed by atoms with Crippen LogP contribution >= 0.6 is 0 Å². The first-order valence-electron chi connectivity index (χ1n) is 9.54. The van der Waals surface area contributed by atoms with E-state index in [-0.39, 0.29) is 18.3 Å². The molecule has 1 fully saturated rings. The van der Waals surface area contributed by atoms with Crippen molar-refractivity contribution in [2.45, 2.75) is 32.0 Å². The summed E-state index contributed by atoms with van der Waals surface area (Å²) in [6.45, 7) is 2.88. The summed E-state index contributed by atoms with van der Waals surface area (Å²) in [7, 11) is 0. The number of ether oxygens (including phenoxy) is 1. The molecular formula is C21H19FN4O3. The van der Waals surface area contributed by atoms with Crippen molar-refractivity contribution in [2.24, 2.45) is 0 Å². The molecule has 148 valence electrons. The van der Waals surface area contributed by atoms with Crippen LogP contribution in [-0.2, 0) is 23.4 Å². The van der Waals surface area contributed by atoms with E-state index in [2.05, 4.69) is 10.3 Å². The molecule has 1 atom stereocenters. The molecule has 3 amide bonds. The van der Waals surface area contributed by atoms with E-state index in [1.165, 1.54) is 17.0 Å². The number of urea groups is 1. The van der Waals surface area contributed by atoms with Crippen molar-refractivity contribution >= 4 is 23.0 Å². The van der Waals surface area contributed by atoms with Crippen LogP contribution in [0.25, 0.3) is 11.0 Å². The Morgan fingerprint density at radius 2 is 2.07 bits per heavy atom. The lowest BCUT2D eigenvalue weighted by Gasteiger charge is -2.33. The second-order valence-corrected chi connectivity index (χ2v) is 7.23. The van der Waals surface area contributed by atoms with Gasteiger partial charge in [-0.25, -0.2) is 14.2 Å². The van der Waals surface area contributed by atoms with Gasteiger partial charge in [-0.3, -0.25) is 9.69 Å². The summed E-state index contributed by atoms with van der Waals surface area (Å²) in [5.41, 5.74) is 0.807. The summed E-state index contributed by atoms with van der Waals surface area (Å²) in [6.07, 6.45) is 0.362. The van der Waals surface area contributed by atoms with Crippen molar-refractivity contribution in [1.82, 2.24) is 19.8 Å². The maximum Gasteiger partial charge on any atom is 0.325 e. The van der Waals surface area contributed by atoms with Crippen LogP contribution in [0.4, 0.5) is 9.18 Å². The van der Waals surface area contributed by atoms with E-state index < -0.39 is 11.6 Å². The second kappa shape index (κ2) is 6.30. The highest BCUT2D eigenvalue weighted by atomic mass is 19.1. The topological polar surface area (TPSA) is 76.5 Å². The van der Waals surface area contributed by atoms with Crippen molar-refractivity contribution in [3.63, 3.8) is 0 Å². The molecule has 5 rings (SSSR count). The molecule has 2 aliphatic heterocycles. The molecule has 0 bridgehead atoms. The Hall–Kier alpha value is -3.42. The third kappa shape index (κ3) is 2.52. The standard InChI is InChI=1S/C21H19FN4O3/c1-2-25-16-8-7-13(22)11-15(16)23-18(25)12-26-19(27)21(24-20(26)28)9-10-29-17-6-4-3-5-14(17)21/h3-8,11H,2,9-10,12H2,1H3,(H,24,28). The number of imidazole rings is 1. The number of aromatic nitrogens is 2. The van der Waals surface area contributed by atoms with Gasteiger partial charge in [-0.1, -0.05) is 18.2 Å². The van der Waals surface area contributed by atoms with Crippen molar-refractivity contribution in [3.05, 3.63) is 59.7 Å². The first kappa shape index (κ1) is 17.7. The molecule has 3 heterocycles. The fourth-order valence-electron chi connectivity index (χ4n) is 4.28. The lowest BCUT2D eigenvalue weighted by Crippen LogP contribution is -2.47. The lowest BCUT2D eigenvalue weighted by atomic mass is 9.84. The van der Waals surface area contributed by atoms with Crippen molar-refractivity contribution in [3.8, 4) is 5.75 Å². The third-order valence-corrected chi connectivity index (χ3v) is 5.66. The number of nitrogens with one attached hydrogen (secondary N) is 1. The molecule has 3 aromatic rings. The number of imide groups is 1. The van der Waals surface area contributed by atoms with Crippen molar-refractivity contribution in [2.75, 3.05) is 6.61 Å². The summed E-state index contributed by atoms with van der Waals surface area (Å²) in [4.78, 5) is 31.9. The van der Waals surface area contributed by atoms with E-state index in [9.17, 15) is 14.0 Å². The van der Waals surface area contributed by atoms with Crippen molar-refractivity contribution < 1.29 is 18.7 Å². The van der Waals surface area contributed by atoms with Crippen LogP contribution in [0, 0.1) is 5.82 Å². The van der Waals surface area contributed by atoms with Gasteiger partial charge in [-0.15, -0.1) is 0 Å². The number of aryl methyl sites for hydroxylation is 1. The molecule has 8 heteroatoms. The van der Waals surface area contributed by atoms with Gasteiger partial charge < -0.3 is 14.6 Å². The molecule has 7 nitrogen and oxygen atoms in total. The Morgan fingerprint density at radius 3 is 2.90 bits per heavy atom. The van der Waals surface area contributed by atoms with Gasteiger partial charge in [-0.05, 0) is 25.1 Å². The maximum atomic E-state index is 13.6. The summed E-state index contributed by atoms with van der Waals surface area (Å²) < 4.78 is 21.1. The number of halogens is 1. The first-order valence-corrected chi connectivity index (χ1v) is 9.54. The largest absolute Gasteiger partial charge is 0.493 e. The molecule has 1 spiro atoms. The number of amides is 3. The minimum Gasteiger partial charge on any atom is -0.493 e. The fourth-order valence-corrected chi connectivity index (χ4v) is 4.28. The number of nitrogens with zero attached hydrogens (tertiary/aromatic N) is 3. The molecule has 1 saturated heterocycles. The molecule has 2 aliphatic rings. The number of rotatable bonds is 3. The van der Waals surface area contributed by atoms with Gasteiger partial charge in [-0.2, -0.15) is 0 Å². The number of carbonyl (C=O) groups is 2. The monoisotopic (exact) mass is 394 g/mol. The van der Waals surface area contributed by atoms with Crippen LogP contribution in [0.15, 0.2) is 42.5 Å². The fraction of sp³-hybridized carbons (Fsp3) is 0.286. The molecule has 1 aromatic heterocycles. The van der Waals surface area contributed by atoms with E-state index in [4.69, 9.17) is 4.74 Å². The Labute approximate surface area is 166 Å². The average Bonchev–Trinajstić information content (AvgIpc) is 3.18. The summed E-state index contributed by atoms with van der Waals surface area (Å²) >= 11 is 0. The molecule has 0 radical (unpaired) electrons. The zero-order valence-electron chi connectivity index (χ0n) is 15.8. The zero-order valence-corrected chi connectivity index (χ0v) is 15.8. The summed E-state index contributed by atoms with van der Waals surface area (Å²) in [6, 6.07) is 11.2.